The Morgan fingerprint density at radius 2 is 1.80 bits per heavy atom. The maximum atomic E-state index is 13.3. The number of carbonyl (C=O) groups excluding carboxylic acids is 1. The molecule has 0 radical (unpaired) electrons. The second kappa shape index (κ2) is 8.12. The fraction of sp³-hybridized carbons (Fsp3) is 0.227. The molecule has 0 saturated carbocycles. The first-order chi connectivity index (χ1) is 14.4. The molecule has 0 spiro atoms. The van der Waals surface area contributed by atoms with Crippen LogP contribution >= 0.6 is 11.3 Å². The van der Waals surface area contributed by atoms with Crippen LogP contribution in [0.25, 0.3) is 0 Å². The van der Waals surface area contributed by atoms with Gasteiger partial charge in [-0.05, 0) is 58.8 Å². The molecular weight excluding hydrogens is 415 g/mol. The predicted molar refractivity (Wildman–Crippen MR) is 106 cm³/mol. The van der Waals surface area contributed by atoms with Crippen LogP contribution in [0, 0.1) is 0 Å². The smallest absolute Gasteiger partial charge is 0.406 e. The van der Waals surface area contributed by atoms with Crippen LogP contribution in [-0.4, -0.2) is 28.8 Å². The van der Waals surface area contributed by atoms with Gasteiger partial charge in [0.05, 0.1) is 12.6 Å². The Labute approximate surface area is 175 Å². The summed E-state index contributed by atoms with van der Waals surface area (Å²) in [7, 11) is 0. The van der Waals surface area contributed by atoms with E-state index >= 15 is 0 Å². The Balaban J connectivity index is 1.67. The normalized spacial score (nSPS) is 16.3. The van der Waals surface area contributed by atoms with Crippen molar-refractivity contribution in [2.24, 2.45) is 0 Å². The summed E-state index contributed by atoms with van der Waals surface area (Å²) in [5.41, 5.74) is 3.06. The topological polar surface area (TPSA) is 49.8 Å². The molecule has 0 fully saturated rings. The van der Waals surface area contributed by atoms with Gasteiger partial charge in [0.15, 0.2) is 0 Å². The van der Waals surface area contributed by atoms with Crippen molar-refractivity contribution < 1.29 is 27.8 Å². The number of fused-ring (bicyclic) bond motifs is 1. The van der Waals surface area contributed by atoms with Crippen LogP contribution in [0.3, 0.4) is 0 Å². The molecule has 1 atom stereocenters. The van der Waals surface area contributed by atoms with Gasteiger partial charge in [0.1, 0.15) is 5.75 Å². The Kier molecular flexibility index (Phi) is 5.53. The fourth-order valence-electron chi connectivity index (χ4n) is 3.63. The fourth-order valence-corrected chi connectivity index (χ4v) is 4.72. The number of halogens is 3. The summed E-state index contributed by atoms with van der Waals surface area (Å²) in [6.07, 6.45) is -4.04. The van der Waals surface area contributed by atoms with Crippen LogP contribution < -0.4 is 4.74 Å². The number of benzene rings is 2. The van der Waals surface area contributed by atoms with Crippen LogP contribution in [0.4, 0.5) is 13.2 Å². The van der Waals surface area contributed by atoms with E-state index < -0.39 is 12.4 Å². The van der Waals surface area contributed by atoms with Crippen molar-refractivity contribution in [2.75, 3.05) is 6.54 Å². The number of hydrogen-bond donors (Lipinski definition) is 1. The summed E-state index contributed by atoms with van der Waals surface area (Å²) >= 11 is 1.53. The maximum absolute atomic E-state index is 13.3. The first kappa shape index (κ1) is 20.4. The first-order valence-corrected chi connectivity index (χ1v) is 10.2. The summed E-state index contributed by atoms with van der Waals surface area (Å²) in [5, 5.41) is 11.2. The Bertz CT molecular complexity index is 1030. The molecule has 2 heterocycles. The highest BCUT2D eigenvalue weighted by atomic mass is 32.1. The Morgan fingerprint density at radius 3 is 2.43 bits per heavy atom. The zero-order valence-electron chi connectivity index (χ0n) is 15.7. The van der Waals surface area contributed by atoms with Gasteiger partial charge in [0, 0.05) is 17.0 Å². The average Bonchev–Trinajstić information content (AvgIpc) is 3.21. The number of ether oxygens (including phenoxy) is 1. The molecule has 1 unspecified atom stereocenters. The molecule has 4 rings (SSSR count). The molecular formula is C22H18F3NO3S. The zero-order chi connectivity index (χ0) is 21.3. The van der Waals surface area contributed by atoms with Crippen molar-refractivity contribution in [3.05, 3.63) is 87.1 Å². The lowest BCUT2D eigenvalue weighted by atomic mass is 9.94. The summed E-state index contributed by atoms with van der Waals surface area (Å²) in [6, 6.07) is 14.0. The lowest BCUT2D eigenvalue weighted by molar-refractivity contribution is -0.274. The standard InChI is InChI=1S/C22H18F3NO3S/c23-22(24,25)29-18-7-5-15(6-8-18)19-20-16(10-12-30-20)9-11-26(19)21(28)17-3-1-14(13-27)2-4-17/h1-8,10,12,19,27H,9,11,13H2. The minimum Gasteiger partial charge on any atom is -0.406 e. The Hall–Kier alpha value is -2.84. The Morgan fingerprint density at radius 1 is 1.10 bits per heavy atom. The van der Waals surface area contributed by atoms with Crippen molar-refractivity contribution in [3.63, 3.8) is 0 Å². The van der Waals surface area contributed by atoms with E-state index in [9.17, 15) is 23.1 Å². The van der Waals surface area contributed by atoms with Gasteiger partial charge < -0.3 is 14.7 Å². The van der Waals surface area contributed by atoms with Gasteiger partial charge in [-0.3, -0.25) is 4.79 Å². The van der Waals surface area contributed by atoms with Gasteiger partial charge in [-0.2, -0.15) is 0 Å². The van der Waals surface area contributed by atoms with Crippen LogP contribution in [0.2, 0.25) is 0 Å². The maximum Gasteiger partial charge on any atom is 0.573 e. The number of hydrogen-bond acceptors (Lipinski definition) is 4. The molecule has 1 aromatic heterocycles. The first-order valence-electron chi connectivity index (χ1n) is 9.28. The van der Waals surface area contributed by atoms with E-state index in [0.29, 0.717) is 29.7 Å². The van der Waals surface area contributed by atoms with Gasteiger partial charge in [0.25, 0.3) is 5.91 Å². The summed E-state index contributed by atoms with van der Waals surface area (Å²) in [5.74, 6) is -0.468. The minimum atomic E-state index is -4.75. The zero-order valence-corrected chi connectivity index (χ0v) is 16.5. The molecule has 0 aliphatic carbocycles. The van der Waals surface area contributed by atoms with Crippen LogP contribution in [0.1, 0.15) is 38.0 Å². The van der Waals surface area contributed by atoms with Crippen molar-refractivity contribution in [3.8, 4) is 5.75 Å². The average molecular weight is 433 g/mol. The quantitative estimate of drug-likeness (QED) is 0.635. The third-order valence-corrected chi connectivity index (χ3v) is 6.05. The van der Waals surface area contributed by atoms with Crippen molar-refractivity contribution in [1.29, 1.82) is 0 Å². The SMILES string of the molecule is O=C(c1ccc(CO)cc1)N1CCc2ccsc2C1c1ccc(OC(F)(F)F)cc1. The van der Waals surface area contributed by atoms with E-state index in [0.717, 1.165) is 10.4 Å². The van der Waals surface area contributed by atoms with Crippen LogP contribution in [0.15, 0.2) is 60.0 Å². The van der Waals surface area contributed by atoms with Gasteiger partial charge in [-0.15, -0.1) is 24.5 Å². The highest BCUT2D eigenvalue weighted by molar-refractivity contribution is 7.10. The van der Waals surface area contributed by atoms with Gasteiger partial charge >= 0.3 is 6.36 Å². The van der Waals surface area contributed by atoms with Gasteiger partial charge in [0.2, 0.25) is 0 Å². The number of aliphatic hydroxyl groups is 1. The number of rotatable bonds is 4. The third kappa shape index (κ3) is 4.20. The molecule has 30 heavy (non-hydrogen) atoms. The summed E-state index contributed by atoms with van der Waals surface area (Å²) < 4.78 is 41.4. The van der Waals surface area contributed by atoms with E-state index in [1.54, 1.807) is 41.3 Å². The lowest BCUT2D eigenvalue weighted by Crippen LogP contribution is -2.40. The minimum absolute atomic E-state index is 0.105. The monoisotopic (exact) mass is 433 g/mol. The molecule has 0 bridgehead atoms. The molecule has 1 amide bonds. The van der Waals surface area contributed by atoms with Crippen LogP contribution in [0.5, 0.6) is 5.75 Å². The molecule has 1 aliphatic heterocycles. The molecule has 3 aromatic rings. The molecule has 1 aliphatic rings. The molecule has 2 aromatic carbocycles. The summed E-state index contributed by atoms with van der Waals surface area (Å²) in [6.45, 7) is 0.390. The highest BCUT2D eigenvalue weighted by Gasteiger charge is 2.34. The molecule has 156 valence electrons. The number of nitrogens with zero attached hydrogens (tertiary/aromatic N) is 1. The number of amides is 1. The van der Waals surface area contributed by atoms with E-state index in [4.69, 9.17) is 0 Å². The molecule has 8 heteroatoms. The van der Waals surface area contributed by atoms with Gasteiger partial charge in [-0.25, -0.2) is 0 Å². The second-order valence-corrected chi connectivity index (χ2v) is 7.88. The molecule has 4 nitrogen and oxygen atoms in total. The van der Waals surface area contributed by atoms with E-state index in [1.165, 1.54) is 23.5 Å². The summed E-state index contributed by atoms with van der Waals surface area (Å²) in [4.78, 5) is 16.0. The van der Waals surface area contributed by atoms with Crippen molar-refractivity contribution >= 4 is 17.2 Å². The van der Waals surface area contributed by atoms with E-state index in [1.807, 2.05) is 11.4 Å². The lowest BCUT2D eigenvalue weighted by Gasteiger charge is -2.36. The predicted octanol–water partition coefficient (Wildman–Crippen LogP) is 4.93. The molecule has 1 N–H and O–H groups in total. The van der Waals surface area contributed by atoms with E-state index in [2.05, 4.69) is 4.74 Å². The van der Waals surface area contributed by atoms with E-state index in [-0.39, 0.29) is 18.3 Å². The molecule has 0 saturated heterocycles. The van der Waals surface area contributed by atoms with Crippen molar-refractivity contribution in [2.45, 2.75) is 25.4 Å². The van der Waals surface area contributed by atoms with Gasteiger partial charge in [-0.1, -0.05) is 24.3 Å². The van der Waals surface area contributed by atoms with Crippen molar-refractivity contribution in [1.82, 2.24) is 4.90 Å². The second-order valence-electron chi connectivity index (χ2n) is 6.93. The highest BCUT2D eigenvalue weighted by Crippen LogP contribution is 2.40. The number of thiophene rings is 1. The number of aliphatic hydroxyl groups excluding tert-OH is 1. The van der Waals surface area contributed by atoms with Crippen LogP contribution in [-0.2, 0) is 13.0 Å². The number of alkyl halides is 3. The third-order valence-electron chi connectivity index (χ3n) is 5.04. The largest absolute Gasteiger partial charge is 0.573 e. The number of carbonyl (C=O) groups is 1.